The summed E-state index contributed by atoms with van der Waals surface area (Å²) < 4.78 is 24.0. The number of likely N-dealkylation sites (tertiary alicyclic amines) is 1. The summed E-state index contributed by atoms with van der Waals surface area (Å²) in [6.45, 7) is 4.34. The first-order valence-electron chi connectivity index (χ1n) is 6.71. The van der Waals surface area contributed by atoms with E-state index in [2.05, 4.69) is 5.32 Å². The van der Waals surface area contributed by atoms with Crippen LogP contribution in [0.4, 0.5) is 10.5 Å². The van der Waals surface area contributed by atoms with Gasteiger partial charge in [-0.25, -0.2) is 13.2 Å². The first-order chi connectivity index (χ1) is 9.38. The van der Waals surface area contributed by atoms with Gasteiger partial charge in [0.2, 0.25) is 0 Å². The predicted octanol–water partition coefficient (Wildman–Crippen LogP) is 1.97. The van der Waals surface area contributed by atoms with Crippen molar-refractivity contribution in [3.05, 3.63) is 30.3 Å². The summed E-state index contributed by atoms with van der Waals surface area (Å²) in [6, 6.07) is 8.89. The molecule has 0 aliphatic carbocycles. The highest BCUT2D eigenvalue weighted by Gasteiger charge is 2.39. The van der Waals surface area contributed by atoms with Gasteiger partial charge in [0.15, 0.2) is 9.84 Å². The second kappa shape index (κ2) is 5.83. The molecule has 2 amide bonds. The van der Waals surface area contributed by atoms with Crippen LogP contribution in [0.2, 0.25) is 0 Å². The van der Waals surface area contributed by atoms with E-state index in [0.717, 1.165) is 0 Å². The molecule has 0 aromatic heterocycles. The van der Waals surface area contributed by atoms with E-state index in [4.69, 9.17) is 0 Å². The third kappa shape index (κ3) is 3.50. The number of sulfone groups is 1. The van der Waals surface area contributed by atoms with Crippen LogP contribution in [0.1, 0.15) is 13.8 Å². The molecule has 1 heterocycles. The SMILES string of the molecule is CC(C)CS(=O)(=O)C1CN(C(=O)Nc2ccccc2)C1. The minimum absolute atomic E-state index is 0.118. The highest BCUT2D eigenvalue weighted by Crippen LogP contribution is 2.20. The van der Waals surface area contributed by atoms with Crippen molar-refractivity contribution in [3.63, 3.8) is 0 Å². The maximum atomic E-state index is 12.0. The molecule has 0 radical (unpaired) electrons. The number of nitrogens with one attached hydrogen (secondary N) is 1. The summed E-state index contributed by atoms with van der Waals surface area (Å²) >= 11 is 0. The number of anilines is 1. The zero-order valence-electron chi connectivity index (χ0n) is 11.7. The molecule has 1 aromatic rings. The van der Waals surface area contributed by atoms with Crippen LogP contribution in [0.3, 0.4) is 0 Å². The van der Waals surface area contributed by atoms with E-state index in [1.165, 1.54) is 4.90 Å². The van der Waals surface area contributed by atoms with Crippen LogP contribution >= 0.6 is 0 Å². The van der Waals surface area contributed by atoms with E-state index >= 15 is 0 Å². The van der Waals surface area contributed by atoms with Crippen LogP contribution in [0, 0.1) is 5.92 Å². The molecule has 0 atom stereocenters. The fourth-order valence-electron chi connectivity index (χ4n) is 2.16. The molecule has 0 unspecified atom stereocenters. The maximum absolute atomic E-state index is 12.0. The number of hydrogen-bond donors (Lipinski definition) is 1. The summed E-state index contributed by atoms with van der Waals surface area (Å²) in [5, 5.41) is 2.34. The quantitative estimate of drug-likeness (QED) is 0.924. The van der Waals surface area contributed by atoms with Crippen molar-refractivity contribution in [2.75, 3.05) is 24.2 Å². The molecule has 6 heteroatoms. The van der Waals surface area contributed by atoms with Crippen molar-refractivity contribution in [1.82, 2.24) is 4.90 Å². The van der Waals surface area contributed by atoms with Crippen LogP contribution in [-0.4, -0.2) is 43.4 Å². The Morgan fingerprint density at radius 2 is 1.90 bits per heavy atom. The van der Waals surface area contributed by atoms with Gasteiger partial charge in [0.25, 0.3) is 0 Å². The Morgan fingerprint density at radius 1 is 1.30 bits per heavy atom. The van der Waals surface area contributed by atoms with E-state index in [1.54, 1.807) is 12.1 Å². The summed E-state index contributed by atoms with van der Waals surface area (Å²) in [6.07, 6.45) is 0. The largest absolute Gasteiger partial charge is 0.322 e. The molecule has 1 fully saturated rings. The topological polar surface area (TPSA) is 66.5 Å². The Kier molecular flexibility index (Phi) is 4.32. The number of nitrogens with zero attached hydrogens (tertiary/aromatic N) is 1. The lowest BCUT2D eigenvalue weighted by molar-refractivity contribution is 0.182. The van der Waals surface area contributed by atoms with Gasteiger partial charge in [-0.1, -0.05) is 32.0 Å². The fraction of sp³-hybridized carbons (Fsp3) is 0.500. The lowest BCUT2D eigenvalue weighted by atomic mass is 10.2. The molecule has 110 valence electrons. The summed E-state index contributed by atoms with van der Waals surface area (Å²) in [7, 11) is -3.08. The molecule has 1 saturated heterocycles. The Hall–Kier alpha value is -1.56. The predicted molar refractivity (Wildman–Crippen MR) is 79.4 cm³/mol. The van der Waals surface area contributed by atoms with Gasteiger partial charge in [-0.05, 0) is 18.1 Å². The lowest BCUT2D eigenvalue weighted by Crippen LogP contribution is -2.58. The van der Waals surface area contributed by atoms with E-state index in [9.17, 15) is 13.2 Å². The molecule has 0 bridgehead atoms. The Bertz CT molecular complexity index is 563. The second-order valence-electron chi connectivity index (χ2n) is 5.55. The number of carbonyl (C=O) groups is 1. The fourth-order valence-corrected chi connectivity index (χ4v) is 4.17. The zero-order valence-corrected chi connectivity index (χ0v) is 12.6. The van der Waals surface area contributed by atoms with Gasteiger partial charge >= 0.3 is 6.03 Å². The molecule has 1 aliphatic rings. The van der Waals surface area contributed by atoms with E-state index in [-0.39, 0.29) is 30.8 Å². The van der Waals surface area contributed by atoms with Crippen molar-refractivity contribution in [2.45, 2.75) is 19.1 Å². The maximum Gasteiger partial charge on any atom is 0.321 e. The molecule has 2 rings (SSSR count). The number of para-hydroxylation sites is 1. The first-order valence-corrected chi connectivity index (χ1v) is 8.42. The highest BCUT2D eigenvalue weighted by atomic mass is 32.2. The number of rotatable bonds is 4. The number of carbonyl (C=O) groups excluding carboxylic acids is 1. The molecule has 5 nitrogen and oxygen atoms in total. The van der Waals surface area contributed by atoms with Gasteiger partial charge in [-0.15, -0.1) is 0 Å². The Morgan fingerprint density at radius 3 is 2.45 bits per heavy atom. The number of hydrogen-bond acceptors (Lipinski definition) is 3. The van der Waals surface area contributed by atoms with Gasteiger partial charge in [-0.3, -0.25) is 0 Å². The molecule has 1 aromatic carbocycles. The molecule has 20 heavy (non-hydrogen) atoms. The van der Waals surface area contributed by atoms with E-state index < -0.39 is 15.1 Å². The lowest BCUT2D eigenvalue weighted by Gasteiger charge is -2.38. The second-order valence-corrected chi connectivity index (χ2v) is 7.87. The zero-order chi connectivity index (χ0) is 14.8. The van der Waals surface area contributed by atoms with Crippen molar-refractivity contribution in [1.29, 1.82) is 0 Å². The molecular formula is C14H20N2O3S. The smallest absolute Gasteiger partial charge is 0.321 e. The van der Waals surface area contributed by atoms with Crippen molar-refractivity contribution < 1.29 is 13.2 Å². The van der Waals surface area contributed by atoms with Crippen molar-refractivity contribution >= 4 is 21.6 Å². The van der Waals surface area contributed by atoms with Crippen LogP contribution < -0.4 is 5.32 Å². The van der Waals surface area contributed by atoms with E-state index in [1.807, 2.05) is 32.0 Å². The van der Waals surface area contributed by atoms with E-state index in [0.29, 0.717) is 5.69 Å². The summed E-state index contributed by atoms with van der Waals surface area (Å²) in [5.74, 6) is 0.304. The summed E-state index contributed by atoms with van der Waals surface area (Å²) in [5.41, 5.74) is 0.714. The average molecular weight is 296 g/mol. The normalized spacial score (nSPS) is 16.1. The molecule has 1 aliphatic heterocycles. The number of urea groups is 1. The van der Waals surface area contributed by atoms with Crippen LogP contribution in [0.15, 0.2) is 30.3 Å². The highest BCUT2D eigenvalue weighted by molar-refractivity contribution is 7.92. The van der Waals surface area contributed by atoms with Crippen LogP contribution in [0.25, 0.3) is 0 Å². The monoisotopic (exact) mass is 296 g/mol. The van der Waals surface area contributed by atoms with Gasteiger partial charge < -0.3 is 10.2 Å². The van der Waals surface area contributed by atoms with Crippen molar-refractivity contribution in [3.8, 4) is 0 Å². The van der Waals surface area contributed by atoms with Gasteiger partial charge in [-0.2, -0.15) is 0 Å². The Labute approximate surface area is 119 Å². The summed E-state index contributed by atoms with van der Waals surface area (Å²) in [4.78, 5) is 13.4. The minimum Gasteiger partial charge on any atom is -0.322 e. The average Bonchev–Trinajstić information content (AvgIpc) is 2.25. The molecule has 0 spiro atoms. The number of amides is 2. The molecule has 1 N–H and O–H groups in total. The first kappa shape index (κ1) is 14.8. The standard InChI is InChI=1S/C14H20N2O3S/c1-11(2)10-20(18,19)13-8-16(9-13)14(17)15-12-6-4-3-5-7-12/h3-7,11,13H,8-10H2,1-2H3,(H,15,17). The number of benzene rings is 1. The Balaban J connectivity index is 1.86. The van der Waals surface area contributed by atoms with Crippen LogP contribution in [0.5, 0.6) is 0 Å². The van der Waals surface area contributed by atoms with Gasteiger partial charge in [0.1, 0.15) is 0 Å². The third-order valence-electron chi connectivity index (χ3n) is 3.23. The van der Waals surface area contributed by atoms with Gasteiger partial charge in [0, 0.05) is 18.8 Å². The molecule has 0 saturated carbocycles. The van der Waals surface area contributed by atoms with Crippen LogP contribution in [-0.2, 0) is 9.84 Å². The minimum atomic E-state index is -3.08. The molecular weight excluding hydrogens is 276 g/mol. The van der Waals surface area contributed by atoms with Gasteiger partial charge in [0.05, 0.1) is 11.0 Å². The third-order valence-corrected chi connectivity index (χ3v) is 5.68. The van der Waals surface area contributed by atoms with Crippen molar-refractivity contribution in [2.24, 2.45) is 5.92 Å².